The fraction of sp³-hybridized carbons (Fsp3) is 0.692. The maximum atomic E-state index is 11.7. The zero-order chi connectivity index (χ0) is 13.7. The SMILES string of the molecule is Cc1cc(C)n(CCC(=O)N[C@H](CO)C(C)C)n1. The summed E-state index contributed by atoms with van der Waals surface area (Å²) in [6, 6.07) is 1.82. The van der Waals surface area contributed by atoms with Crippen LogP contribution in [-0.2, 0) is 11.3 Å². The van der Waals surface area contributed by atoms with Gasteiger partial charge in [-0.15, -0.1) is 0 Å². The van der Waals surface area contributed by atoms with Crippen LogP contribution in [0.4, 0.5) is 0 Å². The standard InChI is InChI=1S/C13H23N3O2/c1-9(2)12(8-17)14-13(18)5-6-16-11(4)7-10(3)15-16/h7,9,12,17H,5-6,8H2,1-4H3,(H,14,18)/t12-/m1/s1. The highest BCUT2D eigenvalue weighted by molar-refractivity contribution is 5.76. The highest BCUT2D eigenvalue weighted by atomic mass is 16.3. The number of nitrogens with one attached hydrogen (secondary N) is 1. The third-order valence-electron chi connectivity index (χ3n) is 3.00. The highest BCUT2D eigenvalue weighted by Gasteiger charge is 2.15. The summed E-state index contributed by atoms with van der Waals surface area (Å²) < 4.78 is 1.83. The van der Waals surface area contributed by atoms with Crippen LogP contribution in [0.25, 0.3) is 0 Å². The Kier molecular flexibility index (Phi) is 5.34. The number of amides is 1. The molecule has 0 bridgehead atoms. The molecule has 18 heavy (non-hydrogen) atoms. The summed E-state index contributed by atoms with van der Waals surface area (Å²) in [7, 11) is 0. The Bertz CT molecular complexity index is 399. The van der Waals surface area contributed by atoms with Crippen molar-refractivity contribution in [3.63, 3.8) is 0 Å². The number of aryl methyl sites for hydroxylation is 3. The van der Waals surface area contributed by atoms with Gasteiger partial charge in [-0.05, 0) is 25.8 Å². The van der Waals surface area contributed by atoms with Crippen LogP contribution in [0.3, 0.4) is 0 Å². The van der Waals surface area contributed by atoms with Crippen LogP contribution < -0.4 is 5.32 Å². The van der Waals surface area contributed by atoms with Crippen LogP contribution in [-0.4, -0.2) is 33.4 Å². The molecule has 0 saturated heterocycles. The van der Waals surface area contributed by atoms with Gasteiger partial charge in [-0.3, -0.25) is 9.48 Å². The zero-order valence-electron chi connectivity index (χ0n) is 11.6. The molecule has 0 fully saturated rings. The monoisotopic (exact) mass is 253 g/mol. The lowest BCUT2D eigenvalue weighted by Gasteiger charge is -2.19. The number of aromatic nitrogens is 2. The van der Waals surface area contributed by atoms with Gasteiger partial charge >= 0.3 is 0 Å². The average molecular weight is 253 g/mol. The minimum Gasteiger partial charge on any atom is -0.394 e. The van der Waals surface area contributed by atoms with Gasteiger partial charge in [0, 0.05) is 18.7 Å². The van der Waals surface area contributed by atoms with Crippen molar-refractivity contribution >= 4 is 5.91 Å². The summed E-state index contributed by atoms with van der Waals surface area (Å²) in [5.74, 6) is 0.183. The highest BCUT2D eigenvalue weighted by Crippen LogP contribution is 2.04. The first-order valence-corrected chi connectivity index (χ1v) is 6.35. The smallest absolute Gasteiger partial charge is 0.222 e. The van der Waals surface area contributed by atoms with Gasteiger partial charge in [0.2, 0.25) is 5.91 Å². The van der Waals surface area contributed by atoms with Gasteiger partial charge in [-0.2, -0.15) is 5.10 Å². The van der Waals surface area contributed by atoms with Gasteiger partial charge in [0.25, 0.3) is 0 Å². The first-order valence-electron chi connectivity index (χ1n) is 6.35. The number of carbonyl (C=O) groups excluding carboxylic acids is 1. The van der Waals surface area contributed by atoms with Crippen molar-refractivity contribution in [1.29, 1.82) is 0 Å². The minimum atomic E-state index is -0.169. The van der Waals surface area contributed by atoms with E-state index >= 15 is 0 Å². The third-order valence-corrected chi connectivity index (χ3v) is 3.00. The predicted molar refractivity (Wildman–Crippen MR) is 70.2 cm³/mol. The van der Waals surface area contributed by atoms with E-state index in [9.17, 15) is 4.79 Å². The Morgan fingerprint density at radius 2 is 2.17 bits per heavy atom. The molecule has 0 radical (unpaired) electrons. The Hall–Kier alpha value is -1.36. The number of aliphatic hydroxyl groups is 1. The Labute approximate surface area is 108 Å². The van der Waals surface area contributed by atoms with Gasteiger partial charge in [0.15, 0.2) is 0 Å². The molecule has 1 atom stereocenters. The number of nitrogens with zero attached hydrogens (tertiary/aromatic N) is 2. The molecule has 1 heterocycles. The second-order valence-corrected chi connectivity index (χ2v) is 5.00. The molecule has 1 aromatic heterocycles. The topological polar surface area (TPSA) is 67.2 Å². The molecule has 0 aliphatic heterocycles. The van der Waals surface area contributed by atoms with Gasteiger partial charge in [-0.25, -0.2) is 0 Å². The van der Waals surface area contributed by atoms with E-state index in [1.54, 1.807) is 0 Å². The molecular formula is C13H23N3O2. The first-order chi connectivity index (χ1) is 8.43. The number of hydrogen-bond donors (Lipinski definition) is 2. The van der Waals surface area contributed by atoms with Gasteiger partial charge < -0.3 is 10.4 Å². The van der Waals surface area contributed by atoms with Crippen LogP contribution in [0.15, 0.2) is 6.07 Å². The molecule has 0 aromatic carbocycles. The first kappa shape index (κ1) is 14.7. The zero-order valence-corrected chi connectivity index (χ0v) is 11.6. The van der Waals surface area contributed by atoms with E-state index in [4.69, 9.17) is 5.11 Å². The van der Waals surface area contributed by atoms with Gasteiger partial charge in [0.1, 0.15) is 0 Å². The molecule has 0 aliphatic carbocycles. The second-order valence-electron chi connectivity index (χ2n) is 5.00. The summed E-state index contributed by atoms with van der Waals surface area (Å²) in [4.78, 5) is 11.7. The van der Waals surface area contributed by atoms with Crippen LogP contribution >= 0.6 is 0 Å². The second kappa shape index (κ2) is 6.54. The molecule has 0 saturated carbocycles. The van der Waals surface area contributed by atoms with Crippen molar-refractivity contribution < 1.29 is 9.90 Å². The number of rotatable bonds is 6. The van der Waals surface area contributed by atoms with Crippen LogP contribution in [0, 0.1) is 19.8 Å². The summed E-state index contributed by atoms with van der Waals surface area (Å²) in [6.07, 6.45) is 0.380. The van der Waals surface area contributed by atoms with Crippen LogP contribution in [0.5, 0.6) is 0 Å². The molecule has 0 unspecified atom stereocenters. The number of carbonyl (C=O) groups is 1. The molecule has 5 heteroatoms. The van der Waals surface area contributed by atoms with E-state index < -0.39 is 0 Å². The lowest BCUT2D eigenvalue weighted by Crippen LogP contribution is -2.41. The third kappa shape index (κ3) is 4.14. The summed E-state index contributed by atoms with van der Waals surface area (Å²) >= 11 is 0. The summed E-state index contributed by atoms with van der Waals surface area (Å²) in [6.45, 7) is 8.40. The molecule has 1 aromatic rings. The maximum Gasteiger partial charge on any atom is 0.222 e. The summed E-state index contributed by atoms with van der Waals surface area (Å²) in [5, 5.41) is 16.3. The van der Waals surface area contributed by atoms with E-state index in [1.165, 1.54) is 0 Å². The normalized spacial score (nSPS) is 12.8. The quantitative estimate of drug-likeness (QED) is 0.795. The Morgan fingerprint density at radius 1 is 1.50 bits per heavy atom. The molecule has 1 rings (SSSR count). The van der Waals surface area contributed by atoms with Crippen molar-refractivity contribution in [3.8, 4) is 0 Å². The van der Waals surface area contributed by atoms with Gasteiger partial charge in [0.05, 0.1) is 18.3 Å². The van der Waals surface area contributed by atoms with Crippen molar-refractivity contribution in [1.82, 2.24) is 15.1 Å². The van der Waals surface area contributed by atoms with E-state index in [-0.39, 0.29) is 24.5 Å². The Balaban J connectivity index is 2.44. The van der Waals surface area contributed by atoms with Crippen molar-refractivity contribution in [2.45, 2.75) is 46.7 Å². The molecular weight excluding hydrogens is 230 g/mol. The predicted octanol–water partition coefficient (Wildman–Crippen LogP) is 1.02. The molecule has 1 amide bonds. The fourth-order valence-electron chi connectivity index (χ4n) is 1.81. The minimum absolute atomic E-state index is 0.0245. The largest absolute Gasteiger partial charge is 0.394 e. The molecule has 0 aliphatic rings. The fourth-order valence-corrected chi connectivity index (χ4v) is 1.81. The maximum absolute atomic E-state index is 11.7. The number of hydrogen-bond acceptors (Lipinski definition) is 3. The molecule has 102 valence electrons. The average Bonchev–Trinajstić information content (AvgIpc) is 2.61. The van der Waals surface area contributed by atoms with Crippen molar-refractivity contribution in [2.75, 3.05) is 6.61 Å². The van der Waals surface area contributed by atoms with Crippen LogP contribution in [0.1, 0.15) is 31.7 Å². The molecule has 0 spiro atoms. The molecule has 5 nitrogen and oxygen atoms in total. The lowest BCUT2D eigenvalue weighted by atomic mass is 10.1. The van der Waals surface area contributed by atoms with E-state index in [0.717, 1.165) is 11.4 Å². The lowest BCUT2D eigenvalue weighted by molar-refractivity contribution is -0.122. The van der Waals surface area contributed by atoms with Crippen molar-refractivity contribution in [3.05, 3.63) is 17.5 Å². The van der Waals surface area contributed by atoms with E-state index in [0.29, 0.717) is 13.0 Å². The summed E-state index contributed by atoms with van der Waals surface area (Å²) in [5.41, 5.74) is 2.02. The van der Waals surface area contributed by atoms with Crippen LogP contribution in [0.2, 0.25) is 0 Å². The Morgan fingerprint density at radius 3 is 2.61 bits per heavy atom. The molecule has 2 N–H and O–H groups in total. The van der Waals surface area contributed by atoms with Gasteiger partial charge in [-0.1, -0.05) is 13.8 Å². The number of aliphatic hydroxyl groups excluding tert-OH is 1. The van der Waals surface area contributed by atoms with E-state index in [1.807, 2.05) is 38.4 Å². The van der Waals surface area contributed by atoms with Crippen molar-refractivity contribution in [2.24, 2.45) is 5.92 Å². The van der Waals surface area contributed by atoms with E-state index in [2.05, 4.69) is 10.4 Å².